The molecule has 0 saturated heterocycles. The molecule has 0 aliphatic heterocycles. The summed E-state index contributed by atoms with van der Waals surface area (Å²) in [6, 6.07) is 7.66. The van der Waals surface area contributed by atoms with Gasteiger partial charge in [-0.3, -0.25) is 4.99 Å². The minimum absolute atomic E-state index is 0.00114. The Morgan fingerprint density at radius 1 is 1.05 bits per heavy atom. The van der Waals surface area contributed by atoms with E-state index >= 15 is 0 Å². The average Bonchev–Trinajstić information content (AvgIpc) is 2.35. The number of phenolic OH excluding ortho intramolecular Hbond substituents is 2. The molecular formula is C13H8BrCl2NO2. The van der Waals surface area contributed by atoms with Crippen molar-refractivity contribution >= 4 is 51.0 Å². The number of halogens is 3. The van der Waals surface area contributed by atoms with Crippen LogP contribution in [0.1, 0.15) is 5.56 Å². The van der Waals surface area contributed by atoms with E-state index in [1.165, 1.54) is 18.3 Å². The molecule has 0 aliphatic rings. The van der Waals surface area contributed by atoms with E-state index in [9.17, 15) is 10.2 Å². The van der Waals surface area contributed by atoms with Crippen molar-refractivity contribution in [3.05, 3.63) is 50.4 Å². The summed E-state index contributed by atoms with van der Waals surface area (Å²) in [6.07, 6.45) is 1.40. The zero-order valence-corrected chi connectivity index (χ0v) is 12.5. The summed E-state index contributed by atoms with van der Waals surface area (Å²) in [5, 5.41) is 20.4. The Bertz CT molecular complexity index is 659. The topological polar surface area (TPSA) is 52.8 Å². The fourth-order valence-electron chi connectivity index (χ4n) is 1.42. The van der Waals surface area contributed by atoms with Gasteiger partial charge in [0.05, 0.1) is 4.47 Å². The highest BCUT2D eigenvalue weighted by molar-refractivity contribution is 9.10. The smallest absolute Gasteiger partial charge is 0.141 e. The average molecular weight is 361 g/mol. The standard InChI is InChI=1S/C13H8BrCl2NO2/c14-10-4-9(16)3-7(13(10)19)6-17-11-5-8(15)1-2-12(11)18/h1-6,18-19H. The van der Waals surface area contributed by atoms with Crippen LogP contribution in [0.15, 0.2) is 39.8 Å². The second-order valence-electron chi connectivity index (χ2n) is 3.72. The molecule has 98 valence electrons. The molecule has 0 amide bonds. The Labute approximate surface area is 128 Å². The summed E-state index contributed by atoms with van der Waals surface area (Å²) in [5.74, 6) is 0.0240. The molecule has 0 unspecified atom stereocenters. The number of aromatic hydroxyl groups is 2. The minimum atomic E-state index is 0.00114. The molecule has 2 rings (SSSR count). The zero-order valence-electron chi connectivity index (χ0n) is 9.44. The molecule has 6 heteroatoms. The molecule has 2 aromatic rings. The SMILES string of the molecule is Oc1ccc(Cl)cc1N=Cc1cc(Cl)cc(Br)c1O. The fraction of sp³-hybridized carbons (Fsp3) is 0. The third-order valence-corrected chi connectivity index (χ3v) is 3.40. The van der Waals surface area contributed by atoms with Gasteiger partial charge in [-0.15, -0.1) is 0 Å². The monoisotopic (exact) mass is 359 g/mol. The number of rotatable bonds is 2. The molecule has 0 heterocycles. The maximum atomic E-state index is 9.84. The summed E-state index contributed by atoms with van der Waals surface area (Å²) in [4.78, 5) is 4.08. The molecule has 2 aromatic carbocycles. The van der Waals surface area contributed by atoms with Gasteiger partial charge in [-0.25, -0.2) is 0 Å². The van der Waals surface area contributed by atoms with Gasteiger partial charge in [0.1, 0.15) is 17.2 Å². The summed E-state index contributed by atoms with van der Waals surface area (Å²) < 4.78 is 0.469. The van der Waals surface area contributed by atoms with E-state index in [0.29, 0.717) is 25.8 Å². The molecule has 0 aromatic heterocycles. The van der Waals surface area contributed by atoms with Gasteiger partial charge in [0, 0.05) is 21.8 Å². The number of benzene rings is 2. The molecule has 0 fully saturated rings. The molecule has 0 aliphatic carbocycles. The lowest BCUT2D eigenvalue weighted by Crippen LogP contribution is -1.84. The lowest BCUT2D eigenvalue weighted by molar-refractivity contribution is 0.471. The van der Waals surface area contributed by atoms with Crippen molar-refractivity contribution in [2.24, 2.45) is 4.99 Å². The van der Waals surface area contributed by atoms with E-state index in [1.807, 2.05) is 0 Å². The van der Waals surface area contributed by atoms with E-state index in [1.54, 1.807) is 18.2 Å². The van der Waals surface area contributed by atoms with Crippen molar-refractivity contribution in [2.75, 3.05) is 0 Å². The van der Waals surface area contributed by atoms with Gasteiger partial charge in [0.15, 0.2) is 0 Å². The summed E-state index contributed by atoms with van der Waals surface area (Å²) in [7, 11) is 0. The first kappa shape index (κ1) is 14.2. The van der Waals surface area contributed by atoms with Crippen LogP contribution in [0.25, 0.3) is 0 Å². The summed E-state index contributed by atoms with van der Waals surface area (Å²) in [5.41, 5.74) is 0.738. The molecule has 0 spiro atoms. The van der Waals surface area contributed by atoms with Gasteiger partial charge < -0.3 is 10.2 Å². The van der Waals surface area contributed by atoms with Crippen LogP contribution < -0.4 is 0 Å². The van der Waals surface area contributed by atoms with Crippen LogP contribution in [0, 0.1) is 0 Å². The molecule has 19 heavy (non-hydrogen) atoms. The number of hydrogen-bond donors (Lipinski definition) is 2. The van der Waals surface area contributed by atoms with Crippen LogP contribution in [0.3, 0.4) is 0 Å². The second kappa shape index (κ2) is 5.82. The number of phenols is 2. The van der Waals surface area contributed by atoms with Crippen LogP contribution in [0.4, 0.5) is 5.69 Å². The highest BCUT2D eigenvalue weighted by atomic mass is 79.9. The first-order chi connectivity index (χ1) is 8.97. The van der Waals surface area contributed by atoms with E-state index in [0.717, 1.165) is 0 Å². The Morgan fingerprint density at radius 2 is 1.79 bits per heavy atom. The lowest BCUT2D eigenvalue weighted by Gasteiger charge is -2.03. The van der Waals surface area contributed by atoms with Gasteiger partial charge in [-0.2, -0.15) is 0 Å². The Balaban J connectivity index is 2.40. The molecule has 2 N–H and O–H groups in total. The van der Waals surface area contributed by atoms with Gasteiger partial charge in [0.25, 0.3) is 0 Å². The molecule has 0 radical (unpaired) electrons. The number of nitrogens with zero attached hydrogens (tertiary/aromatic N) is 1. The van der Waals surface area contributed by atoms with E-state index in [-0.39, 0.29) is 11.5 Å². The maximum Gasteiger partial charge on any atom is 0.141 e. The van der Waals surface area contributed by atoms with E-state index in [2.05, 4.69) is 20.9 Å². The summed E-state index contributed by atoms with van der Waals surface area (Å²) >= 11 is 14.9. The van der Waals surface area contributed by atoms with Crippen molar-refractivity contribution in [1.82, 2.24) is 0 Å². The van der Waals surface area contributed by atoms with Gasteiger partial charge in [-0.1, -0.05) is 23.2 Å². The molecule has 0 atom stereocenters. The predicted molar refractivity (Wildman–Crippen MR) is 81.2 cm³/mol. The van der Waals surface area contributed by atoms with Crippen LogP contribution in [-0.2, 0) is 0 Å². The van der Waals surface area contributed by atoms with Crippen molar-refractivity contribution in [1.29, 1.82) is 0 Å². The van der Waals surface area contributed by atoms with Crippen LogP contribution in [0.2, 0.25) is 10.0 Å². The highest BCUT2D eigenvalue weighted by Gasteiger charge is 2.06. The molecular weight excluding hydrogens is 353 g/mol. The molecule has 0 bridgehead atoms. The zero-order chi connectivity index (χ0) is 14.0. The maximum absolute atomic E-state index is 9.84. The van der Waals surface area contributed by atoms with Crippen molar-refractivity contribution in [3.8, 4) is 11.5 Å². The first-order valence-corrected chi connectivity index (χ1v) is 6.73. The van der Waals surface area contributed by atoms with Crippen LogP contribution in [-0.4, -0.2) is 16.4 Å². The van der Waals surface area contributed by atoms with E-state index < -0.39 is 0 Å². The molecule has 0 saturated carbocycles. The van der Waals surface area contributed by atoms with Crippen molar-refractivity contribution in [2.45, 2.75) is 0 Å². The van der Waals surface area contributed by atoms with E-state index in [4.69, 9.17) is 23.2 Å². The quantitative estimate of drug-likeness (QED) is 0.747. The summed E-state index contributed by atoms with van der Waals surface area (Å²) in [6.45, 7) is 0. The van der Waals surface area contributed by atoms with Gasteiger partial charge in [0.2, 0.25) is 0 Å². The lowest BCUT2D eigenvalue weighted by atomic mass is 10.2. The first-order valence-electron chi connectivity index (χ1n) is 5.18. The number of hydrogen-bond acceptors (Lipinski definition) is 3. The normalized spacial score (nSPS) is 11.1. The fourth-order valence-corrected chi connectivity index (χ4v) is 2.42. The van der Waals surface area contributed by atoms with Gasteiger partial charge >= 0.3 is 0 Å². The minimum Gasteiger partial charge on any atom is -0.506 e. The second-order valence-corrected chi connectivity index (χ2v) is 5.44. The van der Waals surface area contributed by atoms with Crippen LogP contribution in [0.5, 0.6) is 11.5 Å². The Kier molecular flexibility index (Phi) is 4.34. The van der Waals surface area contributed by atoms with Crippen LogP contribution >= 0.6 is 39.1 Å². The Morgan fingerprint density at radius 3 is 2.53 bits per heavy atom. The third-order valence-electron chi connectivity index (χ3n) is 2.34. The van der Waals surface area contributed by atoms with Crippen molar-refractivity contribution < 1.29 is 10.2 Å². The Hall–Kier alpha value is -1.23. The highest BCUT2D eigenvalue weighted by Crippen LogP contribution is 2.32. The number of aliphatic imine (C=N–C) groups is 1. The molecule has 3 nitrogen and oxygen atoms in total. The third kappa shape index (κ3) is 3.41. The van der Waals surface area contributed by atoms with Crippen molar-refractivity contribution in [3.63, 3.8) is 0 Å². The predicted octanol–water partition coefficient (Wildman–Crippen LogP) is 4.92. The largest absolute Gasteiger partial charge is 0.506 e. The van der Waals surface area contributed by atoms with Gasteiger partial charge in [-0.05, 0) is 46.3 Å².